The van der Waals surface area contributed by atoms with Crippen molar-refractivity contribution in [3.8, 4) is 11.8 Å². The van der Waals surface area contributed by atoms with Crippen LogP contribution in [-0.4, -0.2) is 5.78 Å². The first-order chi connectivity index (χ1) is 6.72. The van der Waals surface area contributed by atoms with Gasteiger partial charge in [0.1, 0.15) is 0 Å². The van der Waals surface area contributed by atoms with E-state index in [1.807, 2.05) is 38.1 Å². The molecule has 0 N–H and O–H groups in total. The Morgan fingerprint density at radius 2 is 1.93 bits per heavy atom. The van der Waals surface area contributed by atoms with Gasteiger partial charge >= 0.3 is 0 Å². The minimum atomic E-state index is 0.0214. The normalized spacial score (nSPS) is 9.00. The fourth-order valence-corrected chi connectivity index (χ4v) is 1.07. The van der Waals surface area contributed by atoms with E-state index in [4.69, 9.17) is 0 Å². The van der Waals surface area contributed by atoms with Crippen molar-refractivity contribution in [2.24, 2.45) is 0 Å². The number of carbonyl (C=O) groups excluding carboxylic acids is 1. The highest BCUT2D eigenvalue weighted by Gasteiger charge is 1.92. The van der Waals surface area contributed by atoms with Crippen molar-refractivity contribution in [2.45, 2.75) is 26.7 Å². The largest absolute Gasteiger partial charge is 0.285 e. The lowest BCUT2D eigenvalue weighted by Crippen LogP contribution is -1.90. The predicted molar refractivity (Wildman–Crippen MR) is 58.0 cm³/mol. The predicted octanol–water partition coefficient (Wildman–Crippen LogP) is 2.72. The molecule has 0 heterocycles. The van der Waals surface area contributed by atoms with Crippen molar-refractivity contribution in [1.82, 2.24) is 0 Å². The third kappa shape index (κ3) is 3.45. The van der Waals surface area contributed by atoms with E-state index in [0.29, 0.717) is 6.42 Å². The third-order valence-electron chi connectivity index (χ3n) is 1.87. The maximum Gasteiger partial charge on any atom is 0.205 e. The summed E-state index contributed by atoms with van der Waals surface area (Å²) in [5, 5.41) is 0. The molecule has 72 valence electrons. The van der Waals surface area contributed by atoms with Crippen LogP contribution >= 0.6 is 0 Å². The van der Waals surface area contributed by atoms with E-state index in [1.54, 1.807) is 0 Å². The summed E-state index contributed by atoms with van der Waals surface area (Å²) in [4.78, 5) is 11.1. The molecule has 0 radical (unpaired) electrons. The van der Waals surface area contributed by atoms with E-state index >= 15 is 0 Å². The fourth-order valence-electron chi connectivity index (χ4n) is 1.07. The lowest BCUT2D eigenvalue weighted by Gasteiger charge is -1.91. The van der Waals surface area contributed by atoms with Crippen LogP contribution in [0.25, 0.3) is 0 Å². The van der Waals surface area contributed by atoms with Crippen LogP contribution in [0, 0.1) is 18.8 Å². The van der Waals surface area contributed by atoms with E-state index in [1.165, 1.54) is 5.56 Å². The molecule has 0 aromatic heterocycles. The molecule has 1 rings (SSSR count). The standard InChI is InChI=1S/C13H14O/c1-3-4-13(14)10-9-12-7-5-11(2)6-8-12/h5-8H,3-4H2,1-2H3. The van der Waals surface area contributed by atoms with Crippen LogP contribution < -0.4 is 0 Å². The Labute approximate surface area is 85.1 Å². The van der Waals surface area contributed by atoms with Crippen LogP contribution in [0.2, 0.25) is 0 Å². The molecule has 14 heavy (non-hydrogen) atoms. The van der Waals surface area contributed by atoms with Crippen molar-refractivity contribution in [3.05, 3.63) is 35.4 Å². The minimum absolute atomic E-state index is 0.0214. The summed E-state index contributed by atoms with van der Waals surface area (Å²) in [6.07, 6.45) is 1.42. The van der Waals surface area contributed by atoms with E-state index in [2.05, 4.69) is 11.8 Å². The zero-order valence-corrected chi connectivity index (χ0v) is 8.63. The maximum atomic E-state index is 11.1. The first kappa shape index (κ1) is 10.5. The monoisotopic (exact) mass is 186 g/mol. The van der Waals surface area contributed by atoms with Gasteiger partial charge < -0.3 is 0 Å². The van der Waals surface area contributed by atoms with Crippen LogP contribution in [-0.2, 0) is 4.79 Å². The maximum absolute atomic E-state index is 11.1. The Bertz CT molecular complexity index is 362. The van der Waals surface area contributed by atoms with Gasteiger partial charge in [-0.25, -0.2) is 0 Å². The molecule has 1 heteroatoms. The molecule has 1 aromatic carbocycles. The van der Waals surface area contributed by atoms with Gasteiger partial charge in [-0.2, -0.15) is 0 Å². The number of hydrogen-bond acceptors (Lipinski definition) is 1. The molecule has 1 aromatic rings. The average Bonchev–Trinajstić information content (AvgIpc) is 2.17. The number of benzene rings is 1. The van der Waals surface area contributed by atoms with Gasteiger partial charge in [-0.3, -0.25) is 4.79 Å². The highest BCUT2D eigenvalue weighted by atomic mass is 16.1. The van der Waals surface area contributed by atoms with Crippen LogP contribution in [0.1, 0.15) is 30.9 Å². The van der Waals surface area contributed by atoms with E-state index in [9.17, 15) is 4.79 Å². The van der Waals surface area contributed by atoms with Gasteiger partial charge in [0, 0.05) is 12.0 Å². The van der Waals surface area contributed by atoms with Gasteiger partial charge in [-0.1, -0.05) is 30.5 Å². The zero-order chi connectivity index (χ0) is 10.4. The summed E-state index contributed by atoms with van der Waals surface area (Å²) < 4.78 is 0. The van der Waals surface area contributed by atoms with E-state index < -0.39 is 0 Å². The molecule has 0 bridgehead atoms. The Hall–Kier alpha value is -1.55. The summed E-state index contributed by atoms with van der Waals surface area (Å²) in [6.45, 7) is 4.00. The number of carbonyl (C=O) groups is 1. The van der Waals surface area contributed by atoms with Crippen LogP contribution in [0.3, 0.4) is 0 Å². The molecule has 0 aliphatic heterocycles. The molecule has 0 amide bonds. The number of Topliss-reactive ketones (excluding diaryl/α,β-unsaturated/α-hetero) is 1. The first-order valence-corrected chi connectivity index (χ1v) is 4.84. The van der Waals surface area contributed by atoms with Crippen molar-refractivity contribution >= 4 is 5.78 Å². The van der Waals surface area contributed by atoms with Crippen LogP contribution in [0.15, 0.2) is 24.3 Å². The zero-order valence-electron chi connectivity index (χ0n) is 8.63. The number of rotatable bonds is 2. The summed E-state index contributed by atoms with van der Waals surface area (Å²) in [7, 11) is 0. The number of aryl methyl sites for hydroxylation is 1. The lowest BCUT2D eigenvalue weighted by atomic mass is 10.1. The average molecular weight is 186 g/mol. The summed E-state index contributed by atoms with van der Waals surface area (Å²) in [5.41, 5.74) is 2.11. The van der Waals surface area contributed by atoms with Crippen molar-refractivity contribution in [2.75, 3.05) is 0 Å². The summed E-state index contributed by atoms with van der Waals surface area (Å²) in [6, 6.07) is 7.85. The number of hydrogen-bond donors (Lipinski definition) is 0. The Morgan fingerprint density at radius 1 is 1.29 bits per heavy atom. The van der Waals surface area contributed by atoms with Crippen molar-refractivity contribution in [1.29, 1.82) is 0 Å². The van der Waals surface area contributed by atoms with Gasteiger partial charge in [0.25, 0.3) is 0 Å². The molecule has 0 saturated heterocycles. The SMILES string of the molecule is CCCC(=O)C#Cc1ccc(C)cc1. The van der Waals surface area contributed by atoms with E-state index in [0.717, 1.165) is 12.0 Å². The topological polar surface area (TPSA) is 17.1 Å². The molecule has 0 saturated carbocycles. The first-order valence-electron chi connectivity index (χ1n) is 4.84. The van der Waals surface area contributed by atoms with Gasteiger partial charge in [0.2, 0.25) is 5.78 Å². The Morgan fingerprint density at radius 3 is 2.50 bits per heavy atom. The van der Waals surface area contributed by atoms with Crippen molar-refractivity contribution in [3.63, 3.8) is 0 Å². The highest BCUT2D eigenvalue weighted by Crippen LogP contribution is 2.00. The quantitative estimate of drug-likeness (QED) is 0.649. The second kappa shape index (κ2) is 5.24. The summed E-state index contributed by atoms with van der Waals surface area (Å²) >= 11 is 0. The van der Waals surface area contributed by atoms with Gasteiger partial charge in [0.05, 0.1) is 0 Å². The second-order valence-electron chi connectivity index (χ2n) is 3.29. The molecule has 0 aliphatic carbocycles. The van der Waals surface area contributed by atoms with E-state index in [-0.39, 0.29) is 5.78 Å². The lowest BCUT2D eigenvalue weighted by molar-refractivity contribution is -0.113. The molecule has 0 spiro atoms. The molecule has 0 unspecified atom stereocenters. The van der Waals surface area contributed by atoms with Crippen molar-refractivity contribution < 1.29 is 4.79 Å². The fraction of sp³-hybridized carbons (Fsp3) is 0.308. The molecule has 0 atom stereocenters. The van der Waals surface area contributed by atoms with Crippen LogP contribution in [0.5, 0.6) is 0 Å². The molecular weight excluding hydrogens is 172 g/mol. The minimum Gasteiger partial charge on any atom is -0.285 e. The van der Waals surface area contributed by atoms with Gasteiger partial charge in [-0.05, 0) is 31.4 Å². The van der Waals surface area contributed by atoms with Crippen LogP contribution in [0.4, 0.5) is 0 Å². The molecule has 0 aliphatic rings. The molecule has 1 nitrogen and oxygen atoms in total. The number of ketones is 1. The Kier molecular flexibility index (Phi) is 3.94. The summed E-state index contributed by atoms with van der Waals surface area (Å²) in [5.74, 6) is 5.51. The second-order valence-corrected chi connectivity index (χ2v) is 3.29. The van der Waals surface area contributed by atoms with Gasteiger partial charge in [0.15, 0.2) is 0 Å². The molecular formula is C13H14O. The third-order valence-corrected chi connectivity index (χ3v) is 1.87. The smallest absolute Gasteiger partial charge is 0.205 e. The Balaban J connectivity index is 2.68. The van der Waals surface area contributed by atoms with Gasteiger partial charge in [-0.15, -0.1) is 0 Å². The molecule has 0 fully saturated rings. The highest BCUT2D eigenvalue weighted by molar-refractivity contribution is 5.95.